The molecule has 0 aliphatic carbocycles. The third-order valence-electron chi connectivity index (χ3n) is 5.64. The zero-order valence-corrected chi connectivity index (χ0v) is 23.3. The molecule has 0 aliphatic rings. The van der Waals surface area contributed by atoms with Gasteiger partial charge in [0.2, 0.25) is 21.8 Å². The molecule has 0 saturated carbocycles. The van der Waals surface area contributed by atoms with E-state index in [-0.39, 0.29) is 43.4 Å². The second-order valence-corrected chi connectivity index (χ2v) is 11.8. The molecule has 2 amide bonds. The molecule has 0 aromatic heterocycles. The van der Waals surface area contributed by atoms with Gasteiger partial charge < -0.3 is 15.0 Å². The number of para-hydroxylation sites is 1. The Hall–Kier alpha value is -3.14. The van der Waals surface area contributed by atoms with Crippen molar-refractivity contribution in [3.8, 4) is 5.75 Å². The van der Waals surface area contributed by atoms with E-state index in [1.807, 2.05) is 39.8 Å². The number of rotatable bonds is 12. The summed E-state index contributed by atoms with van der Waals surface area (Å²) >= 11 is 0. The monoisotopic (exact) mass is 535 g/mol. The van der Waals surface area contributed by atoms with E-state index in [0.717, 1.165) is 16.1 Å². The Kier molecular flexibility index (Phi) is 10.5. The summed E-state index contributed by atoms with van der Waals surface area (Å²) in [5, 5.41) is 2.95. The predicted molar refractivity (Wildman–Crippen MR) is 143 cm³/mol. The molecule has 2 aromatic rings. The number of hydrogen-bond donors (Lipinski definition) is 1. The highest BCUT2D eigenvalue weighted by atomic mass is 32.2. The Morgan fingerprint density at radius 2 is 1.78 bits per heavy atom. The maximum atomic E-state index is 14.3. The summed E-state index contributed by atoms with van der Waals surface area (Å²) in [5.41, 5.74) is 0.241. The number of ether oxygens (including phenoxy) is 1. The average Bonchev–Trinajstić information content (AvgIpc) is 2.80. The van der Waals surface area contributed by atoms with Crippen LogP contribution in [-0.2, 0) is 26.2 Å². The minimum Gasteiger partial charge on any atom is -0.497 e. The lowest BCUT2D eigenvalue weighted by Gasteiger charge is -2.33. The van der Waals surface area contributed by atoms with Crippen molar-refractivity contribution in [2.45, 2.75) is 65.1 Å². The summed E-state index contributed by atoms with van der Waals surface area (Å²) in [6, 6.07) is 12.1. The minimum absolute atomic E-state index is 0.0241. The van der Waals surface area contributed by atoms with Crippen molar-refractivity contribution in [1.82, 2.24) is 10.2 Å². The summed E-state index contributed by atoms with van der Waals surface area (Å²) in [7, 11) is -2.23. The van der Waals surface area contributed by atoms with Gasteiger partial charge >= 0.3 is 0 Å². The van der Waals surface area contributed by atoms with Crippen molar-refractivity contribution >= 4 is 27.5 Å². The molecule has 1 atom stereocenters. The normalized spacial score (nSPS) is 12.5. The third kappa shape index (κ3) is 9.03. The topological polar surface area (TPSA) is 96.0 Å². The molecule has 0 heterocycles. The molecular formula is C27H38FN3O5S. The van der Waals surface area contributed by atoms with Gasteiger partial charge in [-0.3, -0.25) is 13.9 Å². The first kappa shape index (κ1) is 30.1. The number of nitrogens with zero attached hydrogens (tertiary/aromatic N) is 2. The van der Waals surface area contributed by atoms with Crippen molar-refractivity contribution < 1.29 is 27.1 Å². The van der Waals surface area contributed by atoms with E-state index in [1.165, 1.54) is 23.1 Å². The highest BCUT2D eigenvalue weighted by Gasteiger charge is 2.31. The molecule has 8 nitrogen and oxygen atoms in total. The highest BCUT2D eigenvalue weighted by molar-refractivity contribution is 7.92. The SMILES string of the molecule is CCC(C(=O)NC(C)(C)C)N(Cc1cccc(OC)c1)C(=O)CCCN(c1ccccc1F)S(C)(=O)=O. The van der Waals surface area contributed by atoms with Crippen LogP contribution in [0.3, 0.4) is 0 Å². The van der Waals surface area contributed by atoms with Crippen LogP contribution in [0.1, 0.15) is 52.5 Å². The maximum absolute atomic E-state index is 14.3. The number of carbonyl (C=O) groups excluding carboxylic acids is 2. The Morgan fingerprint density at radius 1 is 1.11 bits per heavy atom. The maximum Gasteiger partial charge on any atom is 0.243 e. The first-order chi connectivity index (χ1) is 17.3. The Morgan fingerprint density at radius 3 is 2.35 bits per heavy atom. The fraction of sp³-hybridized carbons (Fsp3) is 0.481. The molecular weight excluding hydrogens is 497 g/mol. The fourth-order valence-electron chi connectivity index (χ4n) is 3.98. The smallest absolute Gasteiger partial charge is 0.243 e. The molecule has 10 heteroatoms. The summed E-state index contributed by atoms with van der Waals surface area (Å²) < 4.78 is 45.3. The summed E-state index contributed by atoms with van der Waals surface area (Å²) in [6.45, 7) is 7.54. The number of amides is 2. The van der Waals surface area contributed by atoms with Gasteiger partial charge in [0.25, 0.3) is 0 Å². The van der Waals surface area contributed by atoms with Crippen molar-refractivity contribution in [3.05, 3.63) is 59.9 Å². The zero-order valence-electron chi connectivity index (χ0n) is 22.5. The van der Waals surface area contributed by atoms with Crippen molar-refractivity contribution in [2.24, 2.45) is 0 Å². The van der Waals surface area contributed by atoms with Gasteiger partial charge in [0.05, 0.1) is 19.1 Å². The van der Waals surface area contributed by atoms with Crippen LogP contribution in [0.5, 0.6) is 5.75 Å². The van der Waals surface area contributed by atoms with Crippen LogP contribution >= 0.6 is 0 Å². The van der Waals surface area contributed by atoms with E-state index >= 15 is 0 Å². The van der Waals surface area contributed by atoms with Gasteiger partial charge in [-0.15, -0.1) is 0 Å². The molecule has 0 spiro atoms. The number of carbonyl (C=O) groups is 2. The number of sulfonamides is 1. The quantitative estimate of drug-likeness (QED) is 0.442. The third-order valence-corrected chi connectivity index (χ3v) is 6.82. The highest BCUT2D eigenvalue weighted by Crippen LogP contribution is 2.23. The van der Waals surface area contributed by atoms with Crippen molar-refractivity contribution in [1.29, 1.82) is 0 Å². The summed E-state index contributed by atoms with van der Waals surface area (Å²) in [6.07, 6.45) is 1.51. The molecule has 37 heavy (non-hydrogen) atoms. The van der Waals surface area contributed by atoms with Crippen LogP contribution < -0.4 is 14.4 Å². The second kappa shape index (κ2) is 12.9. The fourth-order valence-corrected chi connectivity index (χ4v) is 4.94. The van der Waals surface area contributed by atoms with Gasteiger partial charge in [0.1, 0.15) is 17.6 Å². The van der Waals surface area contributed by atoms with Crippen LogP contribution in [0.15, 0.2) is 48.5 Å². The van der Waals surface area contributed by atoms with E-state index in [9.17, 15) is 22.4 Å². The Labute approximate surface area is 219 Å². The van der Waals surface area contributed by atoms with Crippen LogP contribution in [0.2, 0.25) is 0 Å². The number of hydrogen-bond acceptors (Lipinski definition) is 5. The molecule has 0 aliphatic heterocycles. The molecule has 0 radical (unpaired) electrons. The van der Waals surface area contributed by atoms with Crippen LogP contribution in [0.4, 0.5) is 10.1 Å². The van der Waals surface area contributed by atoms with E-state index in [0.29, 0.717) is 12.2 Å². The molecule has 2 rings (SSSR count). The van der Waals surface area contributed by atoms with Gasteiger partial charge in [-0.25, -0.2) is 12.8 Å². The van der Waals surface area contributed by atoms with Crippen molar-refractivity contribution in [2.75, 3.05) is 24.2 Å². The second-order valence-electron chi connectivity index (χ2n) is 9.93. The van der Waals surface area contributed by atoms with Gasteiger partial charge in [-0.2, -0.15) is 0 Å². The van der Waals surface area contributed by atoms with E-state index in [2.05, 4.69) is 5.32 Å². The first-order valence-corrected chi connectivity index (χ1v) is 14.1. The van der Waals surface area contributed by atoms with E-state index in [4.69, 9.17) is 4.74 Å². The van der Waals surface area contributed by atoms with Gasteiger partial charge in [0, 0.05) is 25.0 Å². The first-order valence-electron chi connectivity index (χ1n) is 12.2. The van der Waals surface area contributed by atoms with Crippen LogP contribution in [0, 0.1) is 5.82 Å². The predicted octanol–water partition coefficient (Wildman–Crippen LogP) is 4.10. The number of benzene rings is 2. The van der Waals surface area contributed by atoms with E-state index < -0.39 is 27.4 Å². The molecule has 0 fully saturated rings. The largest absolute Gasteiger partial charge is 0.497 e. The van der Waals surface area contributed by atoms with Gasteiger partial charge in [-0.05, 0) is 63.4 Å². The Balaban J connectivity index is 2.27. The molecule has 1 unspecified atom stereocenters. The molecule has 1 N–H and O–H groups in total. The number of methoxy groups -OCH3 is 1. The molecule has 204 valence electrons. The van der Waals surface area contributed by atoms with Crippen molar-refractivity contribution in [3.63, 3.8) is 0 Å². The number of anilines is 1. The lowest BCUT2D eigenvalue weighted by molar-refractivity contribution is -0.142. The number of nitrogens with one attached hydrogen (secondary N) is 1. The Bertz CT molecular complexity index is 1180. The summed E-state index contributed by atoms with van der Waals surface area (Å²) in [5.74, 6) is -0.606. The molecule has 0 bridgehead atoms. The van der Waals surface area contributed by atoms with Gasteiger partial charge in [0.15, 0.2) is 0 Å². The standard InChI is InChI=1S/C27H38FN3O5S/c1-7-23(26(33)29-27(2,3)4)30(19-20-12-10-13-21(18-20)36-5)25(32)16-11-17-31(37(6,34)35)24-15-9-8-14-22(24)28/h8-10,12-15,18,23H,7,11,16-17,19H2,1-6H3,(H,29,33). The van der Waals surface area contributed by atoms with Crippen LogP contribution in [-0.4, -0.2) is 56.6 Å². The van der Waals surface area contributed by atoms with Crippen LogP contribution in [0.25, 0.3) is 0 Å². The molecule has 2 aromatic carbocycles. The lowest BCUT2D eigenvalue weighted by atomic mass is 10.0. The molecule has 0 saturated heterocycles. The lowest BCUT2D eigenvalue weighted by Crippen LogP contribution is -2.53. The van der Waals surface area contributed by atoms with E-state index in [1.54, 1.807) is 25.3 Å². The number of halogens is 1. The minimum atomic E-state index is -3.78. The van der Waals surface area contributed by atoms with Gasteiger partial charge in [-0.1, -0.05) is 31.2 Å². The zero-order chi connectivity index (χ0) is 27.8. The summed E-state index contributed by atoms with van der Waals surface area (Å²) in [4.78, 5) is 28.1. The average molecular weight is 536 g/mol.